The van der Waals surface area contributed by atoms with Crippen LogP contribution in [0, 0.1) is 6.92 Å². The molecule has 0 bridgehead atoms. The highest BCUT2D eigenvalue weighted by atomic mass is 32.1. The molecule has 2 aromatic heterocycles. The van der Waals surface area contributed by atoms with Crippen molar-refractivity contribution in [1.82, 2.24) is 0 Å². The van der Waals surface area contributed by atoms with Crippen LogP contribution >= 0.6 is 22.7 Å². The lowest BCUT2D eigenvalue weighted by Gasteiger charge is -2.42. The van der Waals surface area contributed by atoms with Crippen LogP contribution < -0.4 is 24.8 Å². The molecule has 11 aromatic rings. The van der Waals surface area contributed by atoms with Crippen LogP contribution in [0.2, 0.25) is 0 Å². The van der Waals surface area contributed by atoms with Gasteiger partial charge in [0.25, 0.3) is 6.71 Å². The molecule has 0 amide bonds. The lowest BCUT2D eigenvalue weighted by Crippen LogP contribution is -2.59. The number of fused-ring (bicyclic) bond motifs is 26. The van der Waals surface area contributed by atoms with Crippen LogP contribution in [0.3, 0.4) is 0 Å². The van der Waals surface area contributed by atoms with E-state index >= 15 is 0 Å². The highest BCUT2D eigenvalue weighted by Crippen LogP contribution is 2.69. The molecule has 2 aliphatic heterocycles. The maximum Gasteiger partial charge on any atom is 0.277 e. The van der Waals surface area contributed by atoms with E-state index in [1.165, 1.54) is 142 Å². The fraction of sp³-hybridized carbons (Fsp3) is 0.0462. The highest BCUT2D eigenvalue weighted by Gasteiger charge is 2.60. The van der Waals surface area contributed by atoms with Crippen molar-refractivity contribution >= 4 is 78.5 Å². The van der Waals surface area contributed by atoms with Crippen molar-refractivity contribution in [2.45, 2.75) is 17.8 Å². The number of para-hydroxylation sites is 2. The minimum absolute atomic E-state index is 0.0173. The zero-order chi connectivity index (χ0) is 45.6. The molecule has 5 heteroatoms. The van der Waals surface area contributed by atoms with Gasteiger partial charge in [-0.05, 0) is 116 Å². The fourth-order valence-electron chi connectivity index (χ4n) is 14.3. The van der Waals surface area contributed by atoms with Crippen LogP contribution in [0.1, 0.15) is 48.7 Å². The van der Waals surface area contributed by atoms with Gasteiger partial charge in [0.15, 0.2) is 0 Å². The number of nitrogens with zero attached hydrogens (tertiary/aromatic N) is 2. The van der Waals surface area contributed by atoms with Gasteiger partial charge in [-0.15, -0.1) is 22.7 Å². The second-order valence-corrected chi connectivity index (χ2v) is 21.9. The molecule has 0 saturated carbocycles. The van der Waals surface area contributed by atoms with E-state index in [2.05, 4.69) is 258 Å². The smallest absolute Gasteiger partial charge is 0.277 e. The average Bonchev–Trinajstić information content (AvgIpc) is 4.26. The third kappa shape index (κ3) is 4.25. The van der Waals surface area contributed by atoms with Crippen molar-refractivity contribution in [2.24, 2.45) is 0 Å². The molecule has 2 spiro atoms. The summed E-state index contributed by atoms with van der Waals surface area (Å²) < 4.78 is 2.84. The average molecular weight is 923 g/mol. The molecule has 0 atom stereocenters. The van der Waals surface area contributed by atoms with E-state index in [-0.39, 0.29) is 6.71 Å². The number of hydrogen-bond donors (Lipinski definition) is 0. The van der Waals surface area contributed by atoms with Crippen LogP contribution in [0.15, 0.2) is 218 Å². The van der Waals surface area contributed by atoms with Gasteiger partial charge in [-0.1, -0.05) is 188 Å². The van der Waals surface area contributed by atoms with Crippen LogP contribution in [-0.2, 0) is 10.8 Å². The van der Waals surface area contributed by atoms with Crippen LogP contribution in [-0.4, -0.2) is 6.71 Å². The lowest BCUT2D eigenvalue weighted by atomic mass is 9.39. The summed E-state index contributed by atoms with van der Waals surface area (Å²) in [7, 11) is 0. The van der Waals surface area contributed by atoms with Gasteiger partial charge in [-0.25, -0.2) is 0 Å². The number of thiophene rings is 2. The molecule has 2 nitrogen and oxygen atoms in total. The quantitative estimate of drug-likeness (QED) is 0.159. The molecular formula is C65H39BN2S2. The molecule has 17 rings (SSSR count). The Kier molecular flexibility index (Phi) is 7.17. The molecule has 0 unspecified atom stereocenters. The summed E-state index contributed by atoms with van der Waals surface area (Å²) in [5.41, 5.74) is 28.3. The first-order valence-electron chi connectivity index (χ1n) is 24.5. The van der Waals surface area contributed by atoms with E-state index < -0.39 is 10.8 Å². The molecule has 0 N–H and O–H groups in total. The first-order valence-corrected chi connectivity index (χ1v) is 26.1. The molecule has 4 aliphatic carbocycles. The van der Waals surface area contributed by atoms with Gasteiger partial charge in [0, 0.05) is 53.2 Å². The van der Waals surface area contributed by atoms with E-state index in [0.717, 1.165) is 0 Å². The Bertz CT molecular complexity index is 4030. The standard InChI is InChI=1S/C65H39BN2S2/c1-38-35-36-46-52(37-38)65(49-30-15-10-25-43(49)44-26-11-16-31-50(44)65)61-56(46)59-63(70-61)66-57-53(33-18-34-54(57)68(59)40-21-6-3-7-22-40)67(39-19-4-2-5-20-39)58-55-45-27-12-17-32-51(45)64(60(55)69-62(58)66)47-28-13-8-23-41(47)42-24-9-14-29-48(42)64/h2-37H,1H3. The summed E-state index contributed by atoms with van der Waals surface area (Å²) in [4.78, 5) is 8.15. The summed E-state index contributed by atoms with van der Waals surface area (Å²) in [5, 5.41) is 0. The number of hydrogen-bond acceptors (Lipinski definition) is 4. The largest absolute Gasteiger partial charge is 0.310 e. The maximum absolute atomic E-state index is 2.64. The SMILES string of the molecule is Cc1ccc2c(c1)C1(c3ccccc3-c3ccccc31)c1sc3c(c1-2)N(c1ccccc1)c1cccc2c1B3c1sc3c(c1N2c1ccccc1)-c1ccccc1C31c2ccccc2-c2ccccc21. The van der Waals surface area contributed by atoms with Gasteiger partial charge in [0.2, 0.25) is 0 Å². The monoisotopic (exact) mass is 922 g/mol. The summed E-state index contributed by atoms with van der Waals surface area (Å²) in [6.45, 7) is 2.25. The highest BCUT2D eigenvalue weighted by molar-refractivity contribution is 7.37. The Morgan fingerprint density at radius 3 is 1.19 bits per heavy atom. The van der Waals surface area contributed by atoms with Crippen molar-refractivity contribution in [3.05, 3.63) is 267 Å². The van der Waals surface area contributed by atoms with E-state index in [9.17, 15) is 0 Å². The molecule has 70 heavy (non-hydrogen) atoms. The van der Waals surface area contributed by atoms with Crippen molar-refractivity contribution in [2.75, 3.05) is 9.80 Å². The normalized spacial score (nSPS) is 15.4. The van der Waals surface area contributed by atoms with Crippen molar-refractivity contribution < 1.29 is 0 Å². The molecule has 9 aromatic carbocycles. The molecule has 0 fully saturated rings. The third-order valence-electron chi connectivity index (χ3n) is 16.7. The van der Waals surface area contributed by atoms with Gasteiger partial charge in [0.1, 0.15) is 0 Å². The number of rotatable bonds is 2. The van der Waals surface area contributed by atoms with Crippen molar-refractivity contribution in [3.63, 3.8) is 0 Å². The lowest BCUT2D eigenvalue weighted by molar-refractivity contribution is 0.810. The Hall–Kier alpha value is -7.96. The Balaban J connectivity index is 1.04. The first-order chi connectivity index (χ1) is 34.7. The molecule has 324 valence electrons. The zero-order valence-corrected chi connectivity index (χ0v) is 39.7. The molecule has 0 radical (unpaired) electrons. The Morgan fingerprint density at radius 2 is 0.729 bits per heavy atom. The van der Waals surface area contributed by atoms with Crippen LogP contribution in [0.4, 0.5) is 34.1 Å². The zero-order valence-electron chi connectivity index (χ0n) is 38.1. The molecule has 4 heterocycles. The Morgan fingerprint density at radius 1 is 0.357 bits per heavy atom. The van der Waals surface area contributed by atoms with E-state index in [4.69, 9.17) is 0 Å². The number of anilines is 6. The third-order valence-corrected chi connectivity index (χ3v) is 19.4. The van der Waals surface area contributed by atoms with Crippen LogP contribution in [0.5, 0.6) is 0 Å². The summed E-state index contributed by atoms with van der Waals surface area (Å²) >= 11 is 4.16. The predicted octanol–water partition coefficient (Wildman–Crippen LogP) is 14.9. The molecule has 6 aliphatic rings. The summed E-state index contributed by atoms with van der Waals surface area (Å²) in [6, 6.07) is 83.1. The molecule has 0 saturated heterocycles. The van der Waals surface area contributed by atoms with E-state index in [1.54, 1.807) is 0 Å². The van der Waals surface area contributed by atoms with Crippen molar-refractivity contribution in [1.29, 1.82) is 0 Å². The molecular weight excluding hydrogens is 884 g/mol. The minimum atomic E-state index is -0.464. The Labute approximate surface area is 415 Å². The second kappa shape index (κ2) is 13.2. The van der Waals surface area contributed by atoms with Gasteiger partial charge in [-0.3, -0.25) is 0 Å². The van der Waals surface area contributed by atoms with Crippen LogP contribution in [0.25, 0.3) is 44.5 Å². The van der Waals surface area contributed by atoms with Crippen molar-refractivity contribution in [3.8, 4) is 44.5 Å². The summed E-state index contributed by atoms with van der Waals surface area (Å²) in [5.74, 6) is 0. The topological polar surface area (TPSA) is 6.48 Å². The predicted molar refractivity (Wildman–Crippen MR) is 294 cm³/mol. The van der Waals surface area contributed by atoms with Gasteiger partial charge < -0.3 is 9.80 Å². The van der Waals surface area contributed by atoms with Gasteiger partial charge in [0.05, 0.1) is 22.2 Å². The number of aryl methyl sites for hydroxylation is 1. The number of benzene rings is 9. The fourth-order valence-corrected chi connectivity index (χ4v) is 17.7. The first kappa shape index (κ1) is 38.0. The van der Waals surface area contributed by atoms with Gasteiger partial charge in [-0.2, -0.15) is 0 Å². The summed E-state index contributed by atoms with van der Waals surface area (Å²) in [6.07, 6.45) is 0. The van der Waals surface area contributed by atoms with Gasteiger partial charge >= 0.3 is 0 Å². The van der Waals surface area contributed by atoms with E-state index in [0.29, 0.717) is 0 Å². The second-order valence-electron chi connectivity index (χ2n) is 19.8. The minimum Gasteiger partial charge on any atom is -0.310 e. The van der Waals surface area contributed by atoms with E-state index in [1.807, 2.05) is 0 Å². The maximum atomic E-state index is 2.64.